The van der Waals surface area contributed by atoms with Gasteiger partial charge in [-0.15, -0.1) is 0 Å². The number of nitrogens with zero attached hydrogens (tertiary/aromatic N) is 1. The summed E-state index contributed by atoms with van der Waals surface area (Å²) in [6.07, 6.45) is 1.57. The molecule has 0 aromatic heterocycles. The predicted molar refractivity (Wildman–Crippen MR) is 88.9 cm³/mol. The van der Waals surface area contributed by atoms with Crippen LogP contribution in [0.15, 0.2) is 23.1 Å². The third-order valence-electron chi connectivity index (χ3n) is 3.17. The van der Waals surface area contributed by atoms with Gasteiger partial charge in [0, 0.05) is 0 Å². The molecule has 0 aliphatic carbocycles. The van der Waals surface area contributed by atoms with Gasteiger partial charge in [0.05, 0.1) is 25.7 Å². The second kappa shape index (κ2) is 7.87. The van der Waals surface area contributed by atoms with Gasteiger partial charge in [0.25, 0.3) is 11.1 Å². The van der Waals surface area contributed by atoms with E-state index in [0.29, 0.717) is 17.1 Å². The van der Waals surface area contributed by atoms with Crippen molar-refractivity contribution in [2.24, 2.45) is 0 Å². The van der Waals surface area contributed by atoms with E-state index in [4.69, 9.17) is 14.2 Å². The average Bonchev–Trinajstić information content (AvgIpc) is 2.82. The molecule has 0 bridgehead atoms. The number of rotatable bonds is 6. The summed E-state index contributed by atoms with van der Waals surface area (Å²) in [5.41, 5.74) is 0.675. The third-order valence-corrected chi connectivity index (χ3v) is 4.08. The maximum absolute atomic E-state index is 12.3. The number of methoxy groups -OCH3 is 2. The molecule has 24 heavy (non-hydrogen) atoms. The maximum Gasteiger partial charge on any atom is 0.326 e. The number of esters is 1. The Morgan fingerprint density at radius 2 is 1.92 bits per heavy atom. The molecule has 2 amide bonds. The molecule has 1 aromatic rings. The van der Waals surface area contributed by atoms with E-state index in [-0.39, 0.29) is 18.1 Å². The third kappa shape index (κ3) is 3.88. The molecule has 0 saturated carbocycles. The lowest BCUT2D eigenvalue weighted by Gasteiger charge is -2.10. The molecule has 0 atom stereocenters. The summed E-state index contributed by atoms with van der Waals surface area (Å²) < 4.78 is 15.1. The minimum atomic E-state index is -0.618. The molecule has 1 fully saturated rings. The van der Waals surface area contributed by atoms with E-state index in [1.807, 2.05) is 0 Å². The van der Waals surface area contributed by atoms with Gasteiger partial charge in [-0.05, 0) is 42.5 Å². The number of hydrogen-bond donors (Lipinski definition) is 0. The number of imide groups is 1. The largest absolute Gasteiger partial charge is 0.493 e. The first-order valence-electron chi connectivity index (χ1n) is 7.13. The Bertz CT molecular complexity index is 700. The fraction of sp³-hybridized carbons (Fsp3) is 0.312. The second-order valence-corrected chi connectivity index (χ2v) is 5.68. The van der Waals surface area contributed by atoms with Crippen LogP contribution in [0.5, 0.6) is 11.5 Å². The highest BCUT2D eigenvalue weighted by Crippen LogP contribution is 2.34. The molecule has 0 unspecified atom stereocenters. The SMILES string of the molecule is CCOC(=O)CN1C(=O)S/C(=C/c2ccc(OC)c(OC)c2)C1=O. The van der Waals surface area contributed by atoms with Crippen LogP contribution < -0.4 is 9.47 Å². The molecule has 1 heterocycles. The Hall–Kier alpha value is -2.48. The molecule has 8 heteroatoms. The fourth-order valence-corrected chi connectivity index (χ4v) is 2.90. The predicted octanol–water partition coefficient (Wildman–Crippen LogP) is 2.30. The Morgan fingerprint density at radius 1 is 1.21 bits per heavy atom. The molecule has 0 radical (unpaired) electrons. The summed E-state index contributed by atoms with van der Waals surface area (Å²) in [5, 5.41) is -0.500. The summed E-state index contributed by atoms with van der Waals surface area (Å²) in [5.74, 6) is -0.0675. The number of carbonyl (C=O) groups is 3. The first-order chi connectivity index (χ1) is 11.5. The van der Waals surface area contributed by atoms with E-state index in [9.17, 15) is 14.4 Å². The molecule has 1 aromatic carbocycles. The Labute approximate surface area is 143 Å². The van der Waals surface area contributed by atoms with Crippen molar-refractivity contribution in [2.45, 2.75) is 6.92 Å². The van der Waals surface area contributed by atoms with Gasteiger partial charge in [-0.1, -0.05) is 6.07 Å². The van der Waals surface area contributed by atoms with Crippen LogP contribution in [-0.2, 0) is 14.3 Å². The normalized spacial score (nSPS) is 15.8. The molecule has 1 saturated heterocycles. The van der Waals surface area contributed by atoms with Crippen LogP contribution in [0.3, 0.4) is 0 Å². The molecule has 7 nitrogen and oxygen atoms in total. The van der Waals surface area contributed by atoms with E-state index in [1.165, 1.54) is 14.2 Å². The van der Waals surface area contributed by atoms with Gasteiger partial charge in [0.2, 0.25) is 0 Å². The standard InChI is InChI=1S/C16H17NO6S/c1-4-23-14(18)9-17-15(19)13(24-16(17)20)8-10-5-6-11(21-2)12(7-10)22-3/h5-8H,4,9H2,1-3H3/b13-8+. The highest BCUT2D eigenvalue weighted by molar-refractivity contribution is 8.18. The van der Waals surface area contributed by atoms with E-state index in [0.717, 1.165) is 16.7 Å². The second-order valence-electron chi connectivity index (χ2n) is 4.69. The van der Waals surface area contributed by atoms with Crippen molar-refractivity contribution in [2.75, 3.05) is 27.4 Å². The van der Waals surface area contributed by atoms with Gasteiger partial charge < -0.3 is 14.2 Å². The first kappa shape index (κ1) is 17.9. The van der Waals surface area contributed by atoms with Gasteiger partial charge in [-0.25, -0.2) is 0 Å². The van der Waals surface area contributed by atoms with Crippen LogP contribution in [0.4, 0.5) is 4.79 Å². The van der Waals surface area contributed by atoms with E-state index in [1.54, 1.807) is 31.2 Å². The van der Waals surface area contributed by atoms with E-state index < -0.39 is 17.1 Å². The van der Waals surface area contributed by atoms with Gasteiger partial charge in [-0.3, -0.25) is 19.3 Å². The Balaban J connectivity index is 2.21. The highest BCUT2D eigenvalue weighted by Gasteiger charge is 2.36. The van der Waals surface area contributed by atoms with Crippen LogP contribution in [0.25, 0.3) is 6.08 Å². The lowest BCUT2D eigenvalue weighted by molar-refractivity contribution is -0.145. The van der Waals surface area contributed by atoms with Crippen molar-refractivity contribution >= 4 is 35.0 Å². The molecule has 2 rings (SSSR count). The number of carbonyl (C=O) groups excluding carboxylic acids is 3. The number of amides is 2. The van der Waals surface area contributed by atoms with E-state index >= 15 is 0 Å². The first-order valence-corrected chi connectivity index (χ1v) is 7.94. The smallest absolute Gasteiger partial charge is 0.326 e. The Morgan fingerprint density at radius 3 is 2.54 bits per heavy atom. The number of thioether (sulfide) groups is 1. The van der Waals surface area contributed by atoms with Crippen molar-refractivity contribution in [1.29, 1.82) is 0 Å². The summed E-state index contributed by atoms with van der Waals surface area (Å²) in [4.78, 5) is 36.8. The van der Waals surface area contributed by atoms with Gasteiger partial charge in [0.15, 0.2) is 11.5 Å². The van der Waals surface area contributed by atoms with Crippen LogP contribution in [0.1, 0.15) is 12.5 Å². The number of benzene rings is 1. The zero-order valence-corrected chi connectivity index (χ0v) is 14.3. The van der Waals surface area contributed by atoms with Crippen molar-refractivity contribution in [3.05, 3.63) is 28.7 Å². The van der Waals surface area contributed by atoms with Gasteiger partial charge in [0.1, 0.15) is 6.54 Å². The molecule has 1 aliphatic heterocycles. The quantitative estimate of drug-likeness (QED) is 0.574. The van der Waals surface area contributed by atoms with E-state index in [2.05, 4.69) is 0 Å². The zero-order chi connectivity index (χ0) is 17.7. The number of ether oxygens (including phenoxy) is 3. The zero-order valence-electron chi connectivity index (χ0n) is 13.5. The summed E-state index contributed by atoms with van der Waals surface area (Å²) in [7, 11) is 3.03. The van der Waals surface area contributed by atoms with Crippen molar-refractivity contribution < 1.29 is 28.6 Å². The summed E-state index contributed by atoms with van der Waals surface area (Å²) in [6, 6.07) is 5.13. The molecule has 0 spiro atoms. The van der Waals surface area contributed by atoms with Crippen molar-refractivity contribution in [1.82, 2.24) is 4.90 Å². The minimum absolute atomic E-state index is 0.191. The fourth-order valence-electron chi connectivity index (χ4n) is 2.07. The molecule has 1 aliphatic rings. The van der Waals surface area contributed by atoms with Crippen molar-refractivity contribution in [3.63, 3.8) is 0 Å². The van der Waals surface area contributed by atoms with Crippen LogP contribution >= 0.6 is 11.8 Å². The molecule has 0 N–H and O–H groups in total. The Kier molecular flexibility index (Phi) is 5.86. The highest BCUT2D eigenvalue weighted by atomic mass is 32.2. The maximum atomic E-state index is 12.3. The lowest BCUT2D eigenvalue weighted by Crippen LogP contribution is -2.34. The topological polar surface area (TPSA) is 82.1 Å². The lowest BCUT2D eigenvalue weighted by atomic mass is 10.2. The summed E-state index contributed by atoms with van der Waals surface area (Å²) in [6.45, 7) is 1.46. The molecular weight excluding hydrogens is 334 g/mol. The van der Waals surface area contributed by atoms with Crippen molar-refractivity contribution in [3.8, 4) is 11.5 Å². The summed E-state index contributed by atoms with van der Waals surface area (Å²) >= 11 is 0.779. The monoisotopic (exact) mass is 351 g/mol. The van der Waals surface area contributed by atoms with Gasteiger partial charge in [-0.2, -0.15) is 0 Å². The minimum Gasteiger partial charge on any atom is -0.493 e. The van der Waals surface area contributed by atoms with Gasteiger partial charge >= 0.3 is 5.97 Å². The molecular formula is C16H17NO6S. The molecule has 128 valence electrons. The van der Waals surface area contributed by atoms with Crippen LogP contribution in [0.2, 0.25) is 0 Å². The van der Waals surface area contributed by atoms with Crippen LogP contribution in [-0.4, -0.2) is 49.4 Å². The average molecular weight is 351 g/mol. The van der Waals surface area contributed by atoms with Crippen LogP contribution in [0, 0.1) is 0 Å². The number of hydrogen-bond acceptors (Lipinski definition) is 7.